The lowest BCUT2D eigenvalue weighted by Gasteiger charge is -2.32. The number of hydrogen-bond acceptors (Lipinski definition) is 7. The highest BCUT2D eigenvalue weighted by atomic mass is 16.5. The number of nitrogens with one attached hydrogen (secondary N) is 1. The summed E-state index contributed by atoms with van der Waals surface area (Å²) in [4.78, 5) is 8.92. The zero-order chi connectivity index (χ0) is 12.8. The topological polar surface area (TPSA) is 66.4 Å². The number of piperazine rings is 1. The molecule has 1 N–H and O–H groups in total. The second-order valence-electron chi connectivity index (χ2n) is 4.35. The number of rotatable bonds is 5. The van der Waals surface area contributed by atoms with Crippen molar-refractivity contribution in [2.24, 2.45) is 0 Å². The van der Waals surface area contributed by atoms with Gasteiger partial charge in [0.25, 0.3) is 0 Å². The Labute approximate surface area is 107 Å². The van der Waals surface area contributed by atoms with E-state index in [2.05, 4.69) is 37.3 Å². The van der Waals surface area contributed by atoms with Crippen molar-refractivity contribution in [1.82, 2.24) is 20.1 Å². The van der Waals surface area contributed by atoms with Crippen molar-refractivity contribution in [3.8, 4) is 0 Å². The van der Waals surface area contributed by atoms with Crippen LogP contribution >= 0.6 is 0 Å². The van der Waals surface area contributed by atoms with Crippen LogP contribution in [0.2, 0.25) is 0 Å². The minimum atomic E-state index is 0.647. The van der Waals surface area contributed by atoms with E-state index in [-0.39, 0.29) is 0 Å². The van der Waals surface area contributed by atoms with Gasteiger partial charge in [-0.1, -0.05) is 0 Å². The van der Waals surface area contributed by atoms with E-state index in [1.807, 2.05) is 0 Å². The first-order valence-electron chi connectivity index (χ1n) is 6.15. The van der Waals surface area contributed by atoms with Crippen molar-refractivity contribution in [3.05, 3.63) is 6.20 Å². The van der Waals surface area contributed by atoms with Crippen molar-refractivity contribution >= 4 is 11.8 Å². The van der Waals surface area contributed by atoms with E-state index in [1.165, 1.54) is 0 Å². The molecule has 0 aliphatic carbocycles. The summed E-state index contributed by atoms with van der Waals surface area (Å²) >= 11 is 0. The summed E-state index contributed by atoms with van der Waals surface area (Å²) in [5.74, 6) is 1.45. The van der Waals surface area contributed by atoms with Crippen molar-refractivity contribution in [2.75, 3.05) is 63.7 Å². The largest absolute Gasteiger partial charge is 0.383 e. The van der Waals surface area contributed by atoms with Gasteiger partial charge in [-0.05, 0) is 7.05 Å². The smallest absolute Gasteiger partial charge is 0.247 e. The van der Waals surface area contributed by atoms with E-state index in [0.29, 0.717) is 12.6 Å². The zero-order valence-corrected chi connectivity index (χ0v) is 11.0. The summed E-state index contributed by atoms with van der Waals surface area (Å²) in [6.45, 7) is 5.32. The fourth-order valence-corrected chi connectivity index (χ4v) is 1.80. The molecule has 0 atom stereocenters. The summed E-state index contributed by atoms with van der Waals surface area (Å²) < 4.78 is 4.98. The minimum absolute atomic E-state index is 0.647. The van der Waals surface area contributed by atoms with Gasteiger partial charge in [0.15, 0.2) is 5.82 Å². The van der Waals surface area contributed by atoms with Crippen LogP contribution in [0.5, 0.6) is 0 Å². The molecule has 0 spiro atoms. The molecular formula is C11H20N6O. The third kappa shape index (κ3) is 3.51. The van der Waals surface area contributed by atoms with Crippen LogP contribution in [0.1, 0.15) is 0 Å². The lowest BCUT2D eigenvalue weighted by Crippen LogP contribution is -2.45. The molecule has 1 aromatic rings. The van der Waals surface area contributed by atoms with Crippen LogP contribution in [0.25, 0.3) is 0 Å². The molecule has 1 fully saturated rings. The highest BCUT2D eigenvalue weighted by molar-refractivity contribution is 5.39. The zero-order valence-electron chi connectivity index (χ0n) is 11.0. The fourth-order valence-electron chi connectivity index (χ4n) is 1.80. The van der Waals surface area contributed by atoms with Crippen molar-refractivity contribution in [1.29, 1.82) is 0 Å². The Bertz CT molecular complexity index is 366. The Morgan fingerprint density at radius 1 is 1.33 bits per heavy atom. The molecule has 18 heavy (non-hydrogen) atoms. The molecule has 100 valence electrons. The van der Waals surface area contributed by atoms with Crippen LogP contribution in [0.3, 0.4) is 0 Å². The Balaban J connectivity index is 1.94. The summed E-state index contributed by atoms with van der Waals surface area (Å²) in [5, 5.41) is 11.2. The Morgan fingerprint density at radius 3 is 2.83 bits per heavy atom. The molecular weight excluding hydrogens is 232 g/mol. The van der Waals surface area contributed by atoms with Gasteiger partial charge in [0.1, 0.15) is 0 Å². The maximum absolute atomic E-state index is 4.98. The van der Waals surface area contributed by atoms with Crippen molar-refractivity contribution in [2.45, 2.75) is 0 Å². The molecule has 0 unspecified atom stereocenters. The molecule has 0 amide bonds. The van der Waals surface area contributed by atoms with Crippen molar-refractivity contribution in [3.63, 3.8) is 0 Å². The van der Waals surface area contributed by atoms with E-state index in [0.717, 1.165) is 38.5 Å². The number of methoxy groups -OCH3 is 1. The van der Waals surface area contributed by atoms with Crippen LogP contribution in [0, 0.1) is 0 Å². The molecule has 2 heterocycles. The minimum Gasteiger partial charge on any atom is -0.383 e. The first-order chi connectivity index (χ1) is 8.79. The predicted molar refractivity (Wildman–Crippen MR) is 69.9 cm³/mol. The third-order valence-corrected chi connectivity index (χ3v) is 2.95. The van der Waals surface area contributed by atoms with Gasteiger partial charge in [-0.3, -0.25) is 0 Å². The predicted octanol–water partition coefficient (Wildman–Crippen LogP) is -0.318. The average molecular weight is 252 g/mol. The second kappa shape index (κ2) is 6.46. The molecule has 0 aromatic carbocycles. The number of likely N-dealkylation sites (N-methyl/N-ethyl adjacent to an activating group) is 1. The van der Waals surface area contributed by atoms with Crippen LogP contribution in [-0.4, -0.2) is 73.6 Å². The van der Waals surface area contributed by atoms with E-state index in [1.54, 1.807) is 13.3 Å². The van der Waals surface area contributed by atoms with E-state index in [9.17, 15) is 0 Å². The second-order valence-corrected chi connectivity index (χ2v) is 4.35. The summed E-state index contributed by atoms with van der Waals surface area (Å²) in [7, 11) is 3.80. The Kier molecular flexibility index (Phi) is 4.66. The maximum Gasteiger partial charge on any atom is 0.247 e. The number of hydrogen-bond donors (Lipinski definition) is 1. The lowest BCUT2D eigenvalue weighted by molar-refractivity contribution is 0.210. The molecule has 2 rings (SSSR count). The monoisotopic (exact) mass is 252 g/mol. The number of ether oxygens (including phenoxy) is 1. The molecule has 7 heteroatoms. The number of aromatic nitrogens is 3. The fraction of sp³-hybridized carbons (Fsp3) is 0.727. The van der Waals surface area contributed by atoms with E-state index >= 15 is 0 Å². The molecule has 0 radical (unpaired) electrons. The van der Waals surface area contributed by atoms with Gasteiger partial charge >= 0.3 is 0 Å². The van der Waals surface area contributed by atoms with Crippen molar-refractivity contribution < 1.29 is 4.74 Å². The lowest BCUT2D eigenvalue weighted by atomic mass is 10.3. The Hall–Kier alpha value is -1.47. The average Bonchev–Trinajstić information content (AvgIpc) is 2.40. The highest BCUT2D eigenvalue weighted by Gasteiger charge is 2.16. The number of anilines is 2. The first kappa shape index (κ1) is 13.0. The third-order valence-electron chi connectivity index (χ3n) is 2.95. The van der Waals surface area contributed by atoms with Crippen LogP contribution in [0.15, 0.2) is 6.20 Å². The molecule has 7 nitrogen and oxygen atoms in total. The summed E-state index contributed by atoms with van der Waals surface area (Å²) in [6.07, 6.45) is 1.63. The van der Waals surface area contributed by atoms with Gasteiger partial charge in [0, 0.05) is 39.8 Å². The van der Waals surface area contributed by atoms with Crippen LogP contribution in [-0.2, 0) is 4.74 Å². The Morgan fingerprint density at radius 2 is 2.11 bits per heavy atom. The molecule has 1 aromatic heterocycles. The molecule has 1 aliphatic rings. The van der Waals surface area contributed by atoms with Crippen LogP contribution < -0.4 is 10.2 Å². The van der Waals surface area contributed by atoms with Gasteiger partial charge in [-0.25, -0.2) is 0 Å². The molecule has 1 saturated heterocycles. The van der Waals surface area contributed by atoms with E-state index < -0.39 is 0 Å². The molecule has 0 saturated carbocycles. The molecule has 1 aliphatic heterocycles. The first-order valence-corrected chi connectivity index (χ1v) is 6.15. The quantitative estimate of drug-likeness (QED) is 0.720. The van der Waals surface area contributed by atoms with Gasteiger partial charge in [-0.2, -0.15) is 10.1 Å². The van der Waals surface area contributed by atoms with Gasteiger partial charge in [0.2, 0.25) is 5.95 Å². The van der Waals surface area contributed by atoms with E-state index in [4.69, 9.17) is 4.74 Å². The maximum atomic E-state index is 4.98. The van der Waals surface area contributed by atoms with Gasteiger partial charge < -0.3 is 19.9 Å². The summed E-state index contributed by atoms with van der Waals surface area (Å²) in [6, 6.07) is 0. The highest BCUT2D eigenvalue weighted by Crippen LogP contribution is 2.11. The number of nitrogens with zero attached hydrogens (tertiary/aromatic N) is 5. The summed E-state index contributed by atoms with van der Waals surface area (Å²) in [5.41, 5.74) is 0. The molecule has 0 bridgehead atoms. The van der Waals surface area contributed by atoms with Crippen LogP contribution in [0.4, 0.5) is 11.8 Å². The normalized spacial score (nSPS) is 16.9. The van der Waals surface area contributed by atoms with Gasteiger partial charge in [-0.15, -0.1) is 5.10 Å². The standard InChI is InChI=1S/C11H20N6O/c1-16-4-6-17(7-5-16)11-14-10(9-13-15-11)12-3-8-18-2/h9H,3-8H2,1-2H3,(H,12,14,15). The van der Waals surface area contributed by atoms with Gasteiger partial charge in [0.05, 0.1) is 12.8 Å². The SMILES string of the molecule is COCCNc1cnnc(N2CCN(C)CC2)n1.